The maximum atomic E-state index is 11.2. The first kappa shape index (κ1) is 18.8. The first-order valence-electron chi connectivity index (χ1n) is 8.77. The molecule has 1 unspecified atom stereocenters. The summed E-state index contributed by atoms with van der Waals surface area (Å²) < 4.78 is 6.05. The van der Waals surface area contributed by atoms with Crippen LogP contribution >= 0.6 is 0 Å². The number of carbonyl (C=O) groups excluding carboxylic acids is 1. The molecule has 1 atom stereocenters. The smallest absolute Gasteiger partial charge is 0.247 e. The average Bonchev–Trinajstić information content (AvgIpc) is 3.25. The fraction of sp³-hybridized carbons (Fsp3) is 0.444. The van der Waals surface area contributed by atoms with Gasteiger partial charge in [0, 0.05) is 32.3 Å². The first-order chi connectivity index (χ1) is 12.9. The van der Waals surface area contributed by atoms with Crippen molar-refractivity contribution in [3.05, 3.63) is 35.9 Å². The topological polar surface area (TPSA) is 107 Å². The Morgan fingerprint density at radius 3 is 2.89 bits per heavy atom. The Morgan fingerprint density at radius 1 is 1.44 bits per heavy atom. The Kier molecular flexibility index (Phi) is 5.41. The lowest BCUT2D eigenvalue weighted by Crippen LogP contribution is -2.26. The van der Waals surface area contributed by atoms with Crippen LogP contribution in [0.5, 0.6) is 0 Å². The molecule has 144 valence electrons. The second kappa shape index (κ2) is 7.75. The molecule has 3 rings (SSSR count). The van der Waals surface area contributed by atoms with Crippen molar-refractivity contribution < 1.29 is 14.4 Å². The molecule has 1 aliphatic rings. The van der Waals surface area contributed by atoms with E-state index >= 15 is 0 Å². The summed E-state index contributed by atoms with van der Waals surface area (Å²) in [6.45, 7) is 4.59. The fourth-order valence-corrected chi connectivity index (χ4v) is 2.95. The molecule has 2 heterocycles. The molecule has 27 heavy (non-hydrogen) atoms. The van der Waals surface area contributed by atoms with Gasteiger partial charge >= 0.3 is 0 Å². The van der Waals surface area contributed by atoms with Gasteiger partial charge in [0.2, 0.25) is 11.8 Å². The number of hydrogen-bond acceptors (Lipinski definition) is 8. The normalized spacial score (nSPS) is 16.5. The van der Waals surface area contributed by atoms with E-state index in [4.69, 9.17) is 9.62 Å². The lowest BCUT2D eigenvalue weighted by atomic mass is 10.0. The van der Waals surface area contributed by atoms with Crippen molar-refractivity contribution in [1.82, 2.24) is 15.5 Å². The number of oxazole rings is 1. The van der Waals surface area contributed by atoms with E-state index in [0.29, 0.717) is 18.1 Å². The summed E-state index contributed by atoms with van der Waals surface area (Å²) in [6.07, 6.45) is 1.68. The van der Waals surface area contributed by atoms with Crippen LogP contribution in [-0.2, 0) is 4.79 Å². The molecular formula is C18H24N6O3. The highest BCUT2D eigenvalue weighted by Gasteiger charge is 2.31. The van der Waals surface area contributed by atoms with Crippen LogP contribution < -0.4 is 10.4 Å². The minimum Gasteiger partial charge on any atom is -0.438 e. The highest BCUT2D eigenvalue weighted by molar-refractivity contribution is 5.77. The number of carbonyl (C=O) groups is 1. The fourth-order valence-electron chi connectivity index (χ4n) is 2.95. The third kappa shape index (κ3) is 4.08. The molecule has 2 N–H and O–H groups in total. The van der Waals surface area contributed by atoms with Gasteiger partial charge in [-0.1, -0.05) is 19.1 Å². The van der Waals surface area contributed by atoms with Crippen molar-refractivity contribution in [3.8, 4) is 0 Å². The SMILES string of the molecule is CC(C)C(c1nc2ccc(N(C)C)cc2o1)N1C/C(=C/CC(=O)NO)N=N1. The number of nitrogens with zero attached hydrogens (tertiary/aromatic N) is 5. The van der Waals surface area contributed by atoms with Crippen molar-refractivity contribution in [3.63, 3.8) is 0 Å². The predicted molar refractivity (Wildman–Crippen MR) is 100 cm³/mol. The molecule has 1 aromatic heterocycles. The number of amides is 1. The minimum absolute atomic E-state index is 0.0429. The highest BCUT2D eigenvalue weighted by Crippen LogP contribution is 2.34. The first-order valence-corrected chi connectivity index (χ1v) is 8.77. The van der Waals surface area contributed by atoms with Crippen LogP contribution in [0, 0.1) is 5.92 Å². The van der Waals surface area contributed by atoms with Gasteiger partial charge in [0.15, 0.2) is 5.58 Å². The zero-order valence-corrected chi connectivity index (χ0v) is 15.9. The Labute approximate surface area is 157 Å². The largest absolute Gasteiger partial charge is 0.438 e. The van der Waals surface area contributed by atoms with Gasteiger partial charge in [0.1, 0.15) is 11.6 Å². The molecular weight excluding hydrogens is 348 g/mol. The average molecular weight is 372 g/mol. The van der Waals surface area contributed by atoms with Crippen molar-refractivity contribution in [1.29, 1.82) is 0 Å². The Balaban J connectivity index is 1.83. The zero-order chi connectivity index (χ0) is 19.6. The van der Waals surface area contributed by atoms with Crippen LogP contribution in [0.2, 0.25) is 0 Å². The van der Waals surface area contributed by atoms with Crippen molar-refractivity contribution in [2.45, 2.75) is 26.3 Å². The van der Waals surface area contributed by atoms with Gasteiger partial charge in [0.05, 0.1) is 12.2 Å². The molecule has 0 bridgehead atoms. The van der Waals surface area contributed by atoms with Crippen LogP contribution in [-0.4, -0.2) is 41.7 Å². The summed E-state index contributed by atoms with van der Waals surface area (Å²) in [7, 11) is 3.95. The van der Waals surface area contributed by atoms with E-state index < -0.39 is 5.91 Å². The maximum absolute atomic E-state index is 11.2. The van der Waals surface area contributed by atoms with Gasteiger partial charge in [-0.2, -0.15) is 0 Å². The number of fused-ring (bicyclic) bond motifs is 1. The number of hydrogen-bond donors (Lipinski definition) is 2. The summed E-state index contributed by atoms with van der Waals surface area (Å²) >= 11 is 0. The Bertz CT molecular complexity index is 886. The molecule has 0 saturated carbocycles. The molecule has 0 spiro atoms. The number of anilines is 1. The van der Waals surface area contributed by atoms with E-state index in [1.807, 2.05) is 42.2 Å². The number of aromatic nitrogens is 1. The monoisotopic (exact) mass is 372 g/mol. The molecule has 0 radical (unpaired) electrons. The molecule has 1 aliphatic heterocycles. The predicted octanol–water partition coefficient (Wildman–Crippen LogP) is 3.05. The standard InChI is InChI=1S/C18H24N6O3/c1-11(2)17(24-10-12(20-22-24)5-8-16(25)21-26)18-19-14-7-6-13(23(3)4)9-15(14)27-18/h5-7,9,11,17,26H,8,10H2,1-4H3,(H,21,25)/b12-5-. The van der Waals surface area contributed by atoms with Crippen molar-refractivity contribution >= 4 is 22.7 Å². The van der Waals surface area contributed by atoms with E-state index in [0.717, 1.165) is 16.8 Å². The van der Waals surface area contributed by atoms with Crippen molar-refractivity contribution in [2.75, 3.05) is 25.5 Å². The second-order valence-electron chi connectivity index (χ2n) is 7.01. The van der Waals surface area contributed by atoms with E-state index in [2.05, 4.69) is 29.2 Å². The van der Waals surface area contributed by atoms with E-state index in [-0.39, 0.29) is 18.4 Å². The molecule has 2 aromatic rings. The highest BCUT2D eigenvalue weighted by atomic mass is 16.5. The third-order valence-electron chi connectivity index (χ3n) is 4.37. The molecule has 9 heteroatoms. The Hall–Kier alpha value is -2.94. The van der Waals surface area contributed by atoms with E-state index in [1.165, 1.54) is 0 Å². The minimum atomic E-state index is -0.493. The number of nitrogens with one attached hydrogen (secondary N) is 1. The number of benzene rings is 1. The van der Waals surface area contributed by atoms with Crippen LogP contribution in [0.25, 0.3) is 11.1 Å². The van der Waals surface area contributed by atoms with Crippen molar-refractivity contribution in [2.24, 2.45) is 16.3 Å². The Morgan fingerprint density at radius 2 is 2.22 bits per heavy atom. The van der Waals surface area contributed by atoms with Gasteiger partial charge in [-0.25, -0.2) is 10.5 Å². The summed E-state index contributed by atoms with van der Waals surface area (Å²) in [5.74, 6) is 0.279. The quantitative estimate of drug-likeness (QED) is 0.596. The van der Waals surface area contributed by atoms with E-state index in [9.17, 15) is 4.79 Å². The van der Waals surface area contributed by atoms with Gasteiger partial charge in [0.25, 0.3) is 0 Å². The summed E-state index contributed by atoms with van der Waals surface area (Å²) in [5, 5.41) is 18.7. The molecule has 0 aliphatic carbocycles. The van der Waals surface area contributed by atoms with Gasteiger partial charge in [-0.15, -0.1) is 5.11 Å². The van der Waals surface area contributed by atoms with Gasteiger partial charge in [-0.05, 0) is 24.1 Å². The maximum Gasteiger partial charge on any atom is 0.247 e. The van der Waals surface area contributed by atoms with Crippen LogP contribution in [0.4, 0.5) is 5.69 Å². The number of hydroxylamine groups is 1. The second-order valence-corrected chi connectivity index (χ2v) is 7.01. The zero-order valence-electron chi connectivity index (χ0n) is 15.9. The molecule has 9 nitrogen and oxygen atoms in total. The van der Waals surface area contributed by atoms with E-state index in [1.54, 1.807) is 11.6 Å². The molecule has 0 saturated heterocycles. The van der Waals surface area contributed by atoms with Gasteiger partial charge < -0.3 is 9.32 Å². The van der Waals surface area contributed by atoms with Crippen LogP contribution in [0.3, 0.4) is 0 Å². The van der Waals surface area contributed by atoms with Crippen LogP contribution in [0.15, 0.2) is 44.7 Å². The summed E-state index contributed by atoms with van der Waals surface area (Å²) in [6, 6.07) is 5.73. The molecule has 0 fully saturated rings. The van der Waals surface area contributed by atoms with Crippen LogP contribution in [0.1, 0.15) is 32.2 Å². The molecule has 1 aromatic carbocycles. The summed E-state index contributed by atoms with van der Waals surface area (Å²) in [5.41, 5.74) is 4.83. The lowest BCUT2D eigenvalue weighted by Gasteiger charge is -2.25. The molecule has 1 amide bonds. The van der Waals surface area contributed by atoms with Gasteiger partial charge in [-0.3, -0.25) is 15.0 Å². The third-order valence-corrected chi connectivity index (χ3v) is 4.37. The summed E-state index contributed by atoms with van der Waals surface area (Å²) in [4.78, 5) is 17.8. The number of rotatable bonds is 6. The lowest BCUT2D eigenvalue weighted by molar-refractivity contribution is -0.128.